The zero-order valence-electron chi connectivity index (χ0n) is 17.4. The Morgan fingerprint density at radius 1 is 1.09 bits per heavy atom. The van der Waals surface area contributed by atoms with E-state index < -0.39 is 20.2 Å². The molecule has 33 heavy (non-hydrogen) atoms. The van der Waals surface area contributed by atoms with Gasteiger partial charge in [0, 0.05) is 29.7 Å². The summed E-state index contributed by atoms with van der Waals surface area (Å²) in [5, 5.41) is 12.9. The molecule has 0 spiro atoms. The van der Waals surface area contributed by atoms with Gasteiger partial charge in [0.15, 0.2) is 0 Å². The van der Waals surface area contributed by atoms with E-state index in [4.69, 9.17) is 0 Å². The zero-order valence-corrected chi connectivity index (χ0v) is 18.2. The molecule has 0 unspecified atom stereocenters. The Morgan fingerprint density at radius 2 is 1.82 bits per heavy atom. The molecule has 1 aliphatic rings. The molecule has 0 radical (unpaired) electrons. The van der Waals surface area contributed by atoms with Gasteiger partial charge >= 0.3 is 5.51 Å². The summed E-state index contributed by atoms with van der Waals surface area (Å²) in [7, 11) is -5.33. The lowest BCUT2D eigenvalue weighted by atomic mass is 9.80. The molecular formula is C21H21F3N6O2S. The Labute approximate surface area is 187 Å². The maximum Gasteiger partial charge on any atom is 0.501 e. The minimum Gasteiger partial charge on any atom is -0.385 e. The second kappa shape index (κ2) is 8.01. The van der Waals surface area contributed by atoms with Gasteiger partial charge in [-0.15, -0.1) is 5.10 Å². The van der Waals surface area contributed by atoms with Crippen LogP contribution in [0.5, 0.6) is 0 Å². The second-order valence-corrected chi connectivity index (χ2v) is 10.3. The summed E-state index contributed by atoms with van der Waals surface area (Å²) in [6.07, 6.45) is 7.36. The van der Waals surface area contributed by atoms with Gasteiger partial charge in [0.25, 0.3) is 9.84 Å². The highest BCUT2D eigenvalue weighted by Gasteiger charge is 2.46. The first kappa shape index (κ1) is 21.7. The van der Waals surface area contributed by atoms with Crippen LogP contribution in [0.3, 0.4) is 0 Å². The van der Waals surface area contributed by atoms with E-state index in [1.165, 1.54) is 12.1 Å². The molecule has 8 nitrogen and oxygen atoms in total. The molecule has 1 saturated carbocycles. The molecule has 0 aliphatic heterocycles. The van der Waals surface area contributed by atoms with E-state index in [1.54, 1.807) is 10.8 Å². The lowest BCUT2D eigenvalue weighted by Crippen LogP contribution is -2.23. The topological polar surface area (TPSA) is 105 Å². The van der Waals surface area contributed by atoms with Crippen molar-refractivity contribution < 1.29 is 21.6 Å². The van der Waals surface area contributed by atoms with Crippen LogP contribution in [-0.4, -0.2) is 45.3 Å². The number of H-pyrrole nitrogens is 1. The maximum atomic E-state index is 12.7. The second-order valence-electron chi connectivity index (χ2n) is 8.32. The van der Waals surface area contributed by atoms with Crippen molar-refractivity contribution in [2.24, 2.45) is 5.92 Å². The molecule has 4 aromatic rings. The highest BCUT2D eigenvalue weighted by molar-refractivity contribution is 7.92. The number of rotatable bonds is 5. The Bertz CT molecular complexity index is 1390. The fourth-order valence-corrected chi connectivity index (χ4v) is 5.24. The molecular weight excluding hydrogens is 457 g/mol. The van der Waals surface area contributed by atoms with Crippen molar-refractivity contribution in [2.75, 3.05) is 11.9 Å². The third-order valence-corrected chi connectivity index (χ3v) is 7.80. The monoisotopic (exact) mass is 478 g/mol. The molecule has 0 amide bonds. The standard InChI is InChI=1S/C21H21F3N6O2S/c22-21(23,24)33(31,32)16-7-5-15(6-8-16)26-11-13-1-3-14(4-2-13)18-19-17-9-10-25-20(17)27-12-30(19)29-28-18/h5-10,12-14,25-26H,1-4,11H2. The van der Waals surface area contributed by atoms with Crippen LogP contribution in [0.2, 0.25) is 0 Å². The lowest BCUT2D eigenvalue weighted by Gasteiger charge is -2.28. The first-order chi connectivity index (χ1) is 15.7. The van der Waals surface area contributed by atoms with Crippen LogP contribution in [0, 0.1) is 5.92 Å². The van der Waals surface area contributed by atoms with Crippen LogP contribution in [0.1, 0.15) is 37.3 Å². The van der Waals surface area contributed by atoms with Crippen LogP contribution in [0.4, 0.5) is 18.9 Å². The van der Waals surface area contributed by atoms with Gasteiger partial charge in [-0.3, -0.25) is 0 Å². The third kappa shape index (κ3) is 3.92. The number of nitrogens with zero attached hydrogens (tertiary/aromatic N) is 4. The van der Waals surface area contributed by atoms with Gasteiger partial charge in [-0.2, -0.15) is 13.2 Å². The molecule has 0 atom stereocenters. The molecule has 0 bridgehead atoms. The van der Waals surface area contributed by atoms with E-state index in [2.05, 4.69) is 25.6 Å². The molecule has 3 aromatic heterocycles. The molecule has 5 rings (SSSR count). The largest absolute Gasteiger partial charge is 0.501 e. The number of aromatic nitrogens is 5. The molecule has 12 heteroatoms. The summed E-state index contributed by atoms with van der Waals surface area (Å²) in [6, 6.07) is 6.67. The number of hydrogen-bond donors (Lipinski definition) is 2. The molecule has 1 aromatic carbocycles. The van der Waals surface area contributed by atoms with Crippen molar-refractivity contribution in [1.82, 2.24) is 24.8 Å². The van der Waals surface area contributed by atoms with Crippen LogP contribution >= 0.6 is 0 Å². The number of aromatic amines is 1. The molecule has 2 N–H and O–H groups in total. The Morgan fingerprint density at radius 3 is 2.52 bits per heavy atom. The number of anilines is 1. The van der Waals surface area contributed by atoms with Gasteiger partial charge in [0.2, 0.25) is 0 Å². The van der Waals surface area contributed by atoms with Crippen LogP contribution in [-0.2, 0) is 9.84 Å². The SMILES string of the molecule is O=S(=O)(c1ccc(NCC2CCC(c3nnn4cnc5[nH]ccc5c34)CC2)cc1)C(F)(F)F. The lowest BCUT2D eigenvalue weighted by molar-refractivity contribution is -0.0436. The smallest absolute Gasteiger partial charge is 0.385 e. The quantitative estimate of drug-likeness (QED) is 0.444. The fourth-order valence-electron chi connectivity index (χ4n) is 4.48. The normalized spacial score (nSPS) is 19.8. The Hall–Kier alpha value is -3.15. The van der Waals surface area contributed by atoms with Gasteiger partial charge in [-0.05, 0) is 61.9 Å². The Kier molecular flexibility index (Phi) is 5.26. The molecule has 0 saturated heterocycles. The number of sulfone groups is 1. The van der Waals surface area contributed by atoms with Crippen molar-refractivity contribution in [3.05, 3.63) is 48.5 Å². The van der Waals surface area contributed by atoms with Crippen LogP contribution in [0.15, 0.2) is 47.8 Å². The first-order valence-electron chi connectivity index (χ1n) is 10.6. The molecule has 1 aliphatic carbocycles. The number of nitrogens with one attached hydrogen (secondary N) is 2. The molecule has 174 valence electrons. The average Bonchev–Trinajstić information content (AvgIpc) is 3.44. The fraction of sp³-hybridized carbons (Fsp3) is 0.381. The minimum atomic E-state index is -5.33. The van der Waals surface area contributed by atoms with E-state index in [0.29, 0.717) is 24.1 Å². The van der Waals surface area contributed by atoms with Crippen molar-refractivity contribution in [2.45, 2.75) is 42.0 Å². The van der Waals surface area contributed by atoms with Crippen molar-refractivity contribution in [3.63, 3.8) is 0 Å². The summed E-state index contributed by atoms with van der Waals surface area (Å²) in [5.74, 6) is 0.696. The van der Waals surface area contributed by atoms with E-state index in [0.717, 1.165) is 60.1 Å². The average molecular weight is 479 g/mol. The molecule has 3 heterocycles. The molecule has 1 fully saturated rings. The summed E-state index contributed by atoms with van der Waals surface area (Å²) >= 11 is 0. The van der Waals surface area contributed by atoms with E-state index >= 15 is 0 Å². The maximum absolute atomic E-state index is 12.7. The number of alkyl halides is 3. The van der Waals surface area contributed by atoms with Gasteiger partial charge in [-0.1, -0.05) is 5.21 Å². The van der Waals surface area contributed by atoms with Crippen molar-refractivity contribution in [3.8, 4) is 0 Å². The summed E-state index contributed by atoms with van der Waals surface area (Å²) in [6.45, 7) is 0.659. The number of halogens is 3. The number of benzene rings is 1. The summed E-state index contributed by atoms with van der Waals surface area (Å²) < 4.78 is 62.7. The van der Waals surface area contributed by atoms with Gasteiger partial charge in [-0.25, -0.2) is 17.9 Å². The van der Waals surface area contributed by atoms with Crippen LogP contribution in [0.25, 0.3) is 16.6 Å². The van der Waals surface area contributed by atoms with Gasteiger partial charge in [0.1, 0.15) is 17.5 Å². The first-order valence-corrected chi connectivity index (χ1v) is 12.0. The zero-order chi connectivity index (χ0) is 23.2. The van der Waals surface area contributed by atoms with Crippen molar-refractivity contribution >= 4 is 32.1 Å². The predicted octanol–water partition coefficient (Wildman–Crippen LogP) is 4.29. The number of hydrogen-bond acceptors (Lipinski definition) is 6. The number of fused-ring (bicyclic) bond motifs is 3. The Balaban J connectivity index is 1.21. The summed E-state index contributed by atoms with van der Waals surface area (Å²) in [4.78, 5) is 6.69. The predicted molar refractivity (Wildman–Crippen MR) is 116 cm³/mol. The van der Waals surface area contributed by atoms with Crippen LogP contribution < -0.4 is 5.32 Å². The van der Waals surface area contributed by atoms with E-state index in [1.807, 2.05) is 12.3 Å². The highest BCUT2D eigenvalue weighted by Crippen LogP contribution is 2.38. The van der Waals surface area contributed by atoms with E-state index in [9.17, 15) is 21.6 Å². The van der Waals surface area contributed by atoms with Crippen molar-refractivity contribution in [1.29, 1.82) is 0 Å². The van der Waals surface area contributed by atoms with E-state index in [-0.39, 0.29) is 0 Å². The third-order valence-electron chi connectivity index (χ3n) is 6.29. The summed E-state index contributed by atoms with van der Waals surface area (Å²) in [5.41, 5.74) is -1.95. The van der Waals surface area contributed by atoms with Gasteiger partial charge in [0.05, 0.1) is 10.6 Å². The highest BCUT2D eigenvalue weighted by atomic mass is 32.2. The van der Waals surface area contributed by atoms with Gasteiger partial charge < -0.3 is 10.3 Å². The minimum absolute atomic E-state index is 0.297.